The molecule has 82 valence electrons. The van der Waals surface area contributed by atoms with Crippen LogP contribution in [0.4, 0.5) is 0 Å². The Bertz CT molecular complexity index is 203. The Balaban J connectivity index is 2.43. The van der Waals surface area contributed by atoms with E-state index in [0.717, 1.165) is 25.7 Å². The average Bonchev–Trinajstić information content (AvgIpc) is 2.02. The Hall–Kier alpha value is -0.570. The second-order valence-electron chi connectivity index (χ2n) is 4.41. The molecule has 1 aliphatic carbocycles. The number of hydrogen-bond acceptors (Lipinski definition) is 3. The van der Waals surface area contributed by atoms with E-state index in [1.165, 1.54) is 0 Å². The first-order chi connectivity index (χ1) is 6.56. The smallest absolute Gasteiger partial charge is 0.308 e. The van der Waals surface area contributed by atoms with E-state index in [-0.39, 0.29) is 12.4 Å². The monoisotopic (exact) mass is 200 g/mol. The molecule has 3 heteroatoms. The van der Waals surface area contributed by atoms with Gasteiger partial charge >= 0.3 is 5.97 Å². The van der Waals surface area contributed by atoms with Crippen LogP contribution in [0.1, 0.15) is 46.0 Å². The zero-order chi connectivity index (χ0) is 10.6. The normalized spacial score (nSPS) is 32.6. The summed E-state index contributed by atoms with van der Waals surface area (Å²) < 4.78 is 4.85. The molecule has 14 heavy (non-hydrogen) atoms. The summed E-state index contributed by atoms with van der Waals surface area (Å²) >= 11 is 0. The van der Waals surface area contributed by atoms with Crippen molar-refractivity contribution < 1.29 is 14.6 Å². The summed E-state index contributed by atoms with van der Waals surface area (Å²) in [5.41, 5.74) is -0.802. The maximum atomic E-state index is 11.2. The molecule has 0 aromatic heterocycles. The van der Waals surface area contributed by atoms with Crippen molar-refractivity contribution in [3.63, 3.8) is 0 Å². The molecule has 0 aromatic rings. The van der Waals surface area contributed by atoms with Crippen LogP contribution in [0.25, 0.3) is 0 Å². The highest BCUT2D eigenvalue weighted by molar-refractivity contribution is 5.70. The van der Waals surface area contributed by atoms with Gasteiger partial charge in [-0.1, -0.05) is 19.8 Å². The number of aliphatic hydroxyl groups is 1. The third-order valence-corrected chi connectivity index (χ3v) is 2.85. The fourth-order valence-electron chi connectivity index (χ4n) is 2.27. The van der Waals surface area contributed by atoms with Crippen LogP contribution in [0.15, 0.2) is 0 Å². The average molecular weight is 200 g/mol. The van der Waals surface area contributed by atoms with Crippen molar-refractivity contribution in [3.8, 4) is 0 Å². The molecule has 3 nitrogen and oxygen atoms in total. The van der Waals surface area contributed by atoms with Gasteiger partial charge in [0.05, 0.1) is 18.6 Å². The van der Waals surface area contributed by atoms with Gasteiger partial charge in [0.1, 0.15) is 0 Å². The minimum Gasteiger partial charge on any atom is -0.466 e. The molecule has 1 fully saturated rings. The van der Waals surface area contributed by atoms with Gasteiger partial charge in [-0.2, -0.15) is 0 Å². The fraction of sp³-hybridized carbons (Fsp3) is 0.909. The first-order valence-electron chi connectivity index (χ1n) is 5.44. The molecule has 1 aliphatic rings. The van der Waals surface area contributed by atoms with Gasteiger partial charge in [0, 0.05) is 0 Å². The summed E-state index contributed by atoms with van der Waals surface area (Å²) in [5, 5.41) is 10.1. The second kappa shape index (κ2) is 4.78. The van der Waals surface area contributed by atoms with Gasteiger partial charge in [-0.15, -0.1) is 0 Å². The molecule has 0 bridgehead atoms. The molecule has 0 heterocycles. The van der Waals surface area contributed by atoms with E-state index in [4.69, 9.17) is 4.74 Å². The Kier molecular flexibility index (Phi) is 3.93. The van der Waals surface area contributed by atoms with E-state index < -0.39 is 5.60 Å². The SMILES string of the molecule is CCOC(=O)CC1(O)CCCC(C)C1. The van der Waals surface area contributed by atoms with Crippen LogP contribution in [0.2, 0.25) is 0 Å². The molecule has 2 unspecified atom stereocenters. The summed E-state index contributed by atoms with van der Waals surface area (Å²) in [7, 11) is 0. The minimum atomic E-state index is -0.802. The van der Waals surface area contributed by atoms with Crippen molar-refractivity contribution in [1.29, 1.82) is 0 Å². The lowest BCUT2D eigenvalue weighted by Gasteiger charge is -2.34. The van der Waals surface area contributed by atoms with E-state index in [1.54, 1.807) is 6.92 Å². The summed E-state index contributed by atoms with van der Waals surface area (Å²) in [5.74, 6) is 0.243. The Morgan fingerprint density at radius 2 is 2.36 bits per heavy atom. The topological polar surface area (TPSA) is 46.5 Å². The van der Waals surface area contributed by atoms with Crippen molar-refractivity contribution in [3.05, 3.63) is 0 Å². The van der Waals surface area contributed by atoms with Crippen LogP contribution in [-0.4, -0.2) is 23.3 Å². The van der Waals surface area contributed by atoms with Crippen LogP contribution in [-0.2, 0) is 9.53 Å². The highest BCUT2D eigenvalue weighted by Crippen LogP contribution is 2.34. The predicted octanol–water partition coefficient (Wildman–Crippen LogP) is 1.88. The van der Waals surface area contributed by atoms with Gasteiger partial charge in [0.15, 0.2) is 0 Å². The molecule has 0 amide bonds. The second-order valence-corrected chi connectivity index (χ2v) is 4.41. The van der Waals surface area contributed by atoms with Crippen LogP contribution in [0, 0.1) is 5.92 Å². The minimum absolute atomic E-state index is 0.158. The fourth-order valence-corrected chi connectivity index (χ4v) is 2.27. The van der Waals surface area contributed by atoms with Gasteiger partial charge in [-0.25, -0.2) is 0 Å². The number of ether oxygens (including phenoxy) is 1. The molecular weight excluding hydrogens is 180 g/mol. The van der Waals surface area contributed by atoms with E-state index in [9.17, 15) is 9.90 Å². The molecule has 2 atom stereocenters. The van der Waals surface area contributed by atoms with Gasteiger partial charge in [0.25, 0.3) is 0 Å². The number of rotatable bonds is 3. The molecule has 0 radical (unpaired) electrons. The van der Waals surface area contributed by atoms with Gasteiger partial charge in [-0.3, -0.25) is 4.79 Å². The molecule has 1 rings (SSSR count). The maximum absolute atomic E-state index is 11.2. The lowest BCUT2D eigenvalue weighted by Crippen LogP contribution is -2.37. The van der Waals surface area contributed by atoms with Crippen molar-refractivity contribution in [1.82, 2.24) is 0 Å². The van der Waals surface area contributed by atoms with E-state index in [1.807, 2.05) is 0 Å². The quantitative estimate of drug-likeness (QED) is 0.707. The zero-order valence-electron chi connectivity index (χ0n) is 9.08. The van der Waals surface area contributed by atoms with Gasteiger partial charge in [-0.05, 0) is 25.7 Å². The molecule has 0 saturated heterocycles. The summed E-state index contributed by atoms with van der Waals surface area (Å²) in [6.45, 7) is 4.30. The van der Waals surface area contributed by atoms with Crippen molar-refractivity contribution >= 4 is 5.97 Å². The van der Waals surface area contributed by atoms with Crippen LogP contribution in [0.3, 0.4) is 0 Å². The first kappa shape index (κ1) is 11.5. The van der Waals surface area contributed by atoms with Crippen LogP contribution < -0.4 is 0 Å². The molecular formula is C11H20O3. The van der Waals surface area contributed by atoms with Gasteiger partial charge in [0.2, 0.25) is 0 Å². The Morgan fingerprint density at radius 3 is 2.93 bits per heavy atom. The standard InChI is InChI=1S/C11H20O3/c1-3-14-10(12)8-11(13)6-4-5-9(2)7-11/h9,13H,3-8H2,1-2H3. The first-order valence-corrected chi connectivity index (χ1v) is 5.44. The molecule has 1 saturated carbocycles. The van der Waals surface area contributed by atoms with Crippen LogP contribution in [0.5, 0.6) is 0 Å². The van der Waals surface area contributed by atoms with Gasteiger partial charge < -0.3 is 9.84 Å². The van der Waals surface area contributed by atoms with Crippen molar-refractivity contribution in [2.45, 2.75) is 51.6 Å². The number of hydrogen-bond donors (Lipinski definition) is 1. The van der Waals surface area contributed by atoms with Crippen LogP contribution >= 0.6 is 0 Å². The predicted molar refractivity (Wildman–Crippen MR) is 53.8 cm³/mol. The lowest BCUT2D eigenvalue weighted by molar-refractivity contribution is -0.150. The zero-order valence-corrected chi connectivity index (χ0v) is 9.08. The highest BCUT2D eigenvalue weighted by atomic mass is 16.5. The Morgan fingerprint density at radius 1 is 1.64 bits per heavy atom. The molecule has 1 N–H and O–H groups in total. The van der Waals surface area contributed by atoms with Crippen molar-refractivity contribution in [2.75, 3.05) is 6.61 Å². The summed E-state index contributed by atoms with van der Waals surface area (Å²) in [6, 6.07) is 0. The molecule has 0 spiro atoms. The third kappa shape index (κ3) is 3.29. The summed E-state index contributed by atoms with van der Waals surface area (Å²) in [4.78, 5) is 11.2. The largest absolute Gasteiger partial charge is 0.466 e. The highest BCUT2D eigenvalue weighted by Gasteiger charge is 2.35. The van der Waals surface area contributed by atoms with E-state index >= 15 is 0 Å². The molecule has 0 aromatic carbocycles. The lowest BCUT2D eigenvalue weighted by atomic mass is 9.77. The van der Waals surface area contributed by atoms with E-state index in [0.29, 0.717) is 12.5 Å². The maximum Gasteiger partial charge on any atom is 0.308 e. The van der Waals surface area contributed by atoms with E-state index in [2.05, 4.69) is 6.92 Å². The Labute approximate surface area is 85.5 Å². The number of esters is 1. The third-order valence-electron chi connectivity index (χ3n) is 2.85. The van der Waals surface area contributed by atoms with Crippen molar-refractivity contribution in [2.24, 2.45) is 5.92 Å². The number of carbonyl (C=O) groups excluding carboxylic acids is 1. The summed E-state index contributed by atoms with van der Waals surface area (Å²) in [6.07, 6.45) is 3.79. The number of carbonyl (C=O) groups is 1. The molecule has 0 aliphatic heterocycles.